The van der Waals surface area contributed by atoms with Crippen LogP contribution in [0.15, 0.2) is 30.5 Å². The lowest BCUT2D eigenvalue weighted by molar-refractivity contribution is -0.380. The van der Waals surface area contributed by atoms with Crippen molar-refractivity contribution >= 4 is 21.5 Å². The van der Waals surface area contributed by atoms with E-state index in [-0.39, 0.29) is 11.0 Å². The van der Waals surface area contributed by atoms with Crippen LogP contribution in [0.4, 0.5) is 10.1 Å². The number of hydrogen-bond donors (Lipinski definition) is 1. The van der Waals surface area contributed by atoms with Gasteiger partial charge in [0.2, 0.25) is 0 Å². The number of thiazole rings is 1. The highest BCUT2D eigenvalue weighted by Crippen LogP contribution is 2.28. The average molecular weight is 279 g/mol. The predicted octanol–water partition coefficient (Wildman–Crippen LogP) is 3.23. The molecule has 0 aliphatic rings. The molecule has 0 spiro atoms. The Balaban J connectivity index is 2.06. The molecule has 1 unspecified atom stereocenters. The van der Waals surface area contributed by atoms with Gasteiger partial charge in [-0.2, -0.15) is 0 Å². The monoisotopic (exact) mass is 279 g/mol. The highest BCUT2D eigenvalue weighted by atomic mass is 32.1. The third-order valence-corrected chi connectivity index (χ3v) is 3.51. The van der Waals surface area contributed by atoms with Crippen LogP contribution in [0.5, 0.6) is 5.75 Å². The fraction of sp³-hybridized carbons (Fsp3) is 0.250. The van der Waals surface area contributed by atoms with Crippen molar-refractivity contribution in [2.45, 2.75) is 13.0 Å². The summed E-state index contributed by atoms with van der Waals surface area (Å²) in [6.45, 7) is 1.97. The lowest BCUT2D eigenvalue weighted by atomic mass is 10.1. The molecule has 0 fully saturated rings. The summed E-state index contributed by atoms with van der Waals surface area (Å²) >= 11 is 1.03. The van der Waals surface area contributed by atoms with Crippen LogP contribution < -0.4 is 10.1 Å². The highest BCUT2D eigenvalue weighted by molar-refractivity contribution is 7.18. The van der Waals surface area contributed by atoms with Gasteiger partial charge in [0.25, 0.3) is 0 Å². The number of nitrogens with one attached hydrogen (secondary N) is 1. The van der Waals surface area contributed by atoms with E-state index in [9.17, 15) is 10.1 Å². The molecule has 7 heteroatoms. The first-order valence-electron chi connectivity index (χ1n) is 5.61. The SMILES string of the molecule is COc1ccc(C(C)Nc2ncc([N+](=O)[O-])s2)cc1. The first-order chi connectivity index (χ1) is 9.10. The number of aromatic nitrogens is 1. The number of ether oxygens (including phenoxy) is 1. The minimum absolute atomic E-state index is 0.0108. The minimum Gasteiger partial charge on any atom is -0.497 e. The molecular formula is C12H13N3O3S. The van der Waals surface area contributed by atoms with Crippen LogP contribution in [0, 0.1) is 10.1 Å². The Hall–Kier alpha value is -2.15. The van der Waals surface area contributed by atoms with Crippen LogP contribution >= 0.6 is 11.3 Å². The predicted molar refractivity (Wildman–Crippen MR) is 73.8 cm³/mol. The number of nitrogens with zero attached hydrogens (tertiary/aromatic N) is 2. The standard InChI is InChI=1S/C12H13N3O3S/c1-8(9-3-5-10(18-2)6-4-9)14-12-13-7-11(19-12)15(16)17/h3-8H,1-2H3,(H,13,14). The molecule has 1 N–H and O–H groups in total. The van der Waals surface area contributed by atoms with E-state index in [1.165, 1.54) is 6.20 Å². The summed E-state index contributed by atoms with van der Waals surface area (Å²) in [6, 6.07) is 7.64. The molecule has 0 aliphatic heterocycles. The Morgan fingerprint density at radius 1 is 1.42 bits per heavy atom. The second-order valence-corrected chi connectivity index (χ2v) is 4.91. The third kappa shape index (κ3) is 3.19. The number of rotatable bonds is 5. The molecule has 1 heterocycles. The molecule has 0 aliphatic carbocycles. The van der Waals surface area contributed by atoms with Crippen LogP contribution in [-0.2, 0) is 0 Å². The first-order valence-corrected chi connectivity index (χ1v) is 6.42. The zero-order valence-corrected chi connectivity index (χ0v) is 11.3. The molecule has 2 rings (SSSR count). The Labute approximate surface area is 114 Å². The summed E-state index contributed by atoms with van der Waals surface area (Å²) in [4.78, 5) is 14.1. The van der Waals surface area contributed by atoms with Gasteiger partial charge < -0.3 is 10.1 Å². The summed E-state index contributed by atoms with van der Waals surface area (Å²) in [5, 5.41) is 14.3. The van der Waals surface area contributed by atoms with E-state index in [1.807, 2.05) is 31.2 Å². The van der Waals surface area contributed by atoms with Gasteiger partial charge in [0.15, 0.2) is 5.13 Å². The number of nitro groups is 1. The van der Waals surface area contributed by atoms with Gasteiger partial charge in [-0.25, -0.2) is 4.98 Å². The van der Waals surface area contributed by atoms with Crippen LogP contribution in [0.1, 0.15) is 18.5 Å². The first kappa shape index (κ1) is 13.3. The summed E-state index contributed by atoms with van der Waals surface area (Å²) in [6.07, 6.45) is 1.26. The summed E-state index contributed by atoms with van der Waals surface area (Å²) < 4.78 is 5.09. The van der Waals surface area contributed by atoms with Crippen LogP contribution in [0.3, 0.4) is 0 Å². The molecule has 0 saturated carbocycles. The Morgan fingerprint density at radius 2 is 2.11 bits per heavy atom. The number of anilines is 1. The van der Waals surface area contributed by atoms with Gasteiger partial charge >= 0.3 is 5.00 Å². The zero-order valence-electron chi connectivity index (χ0n) is 10.5. The molecule has 1 aromatic heterocycles. The molecule has 19 heavy (non-hydrogen) atoms. The average Bonchev–Trinajstić information content (AvgIpc) is 2.87. The molecule has 1 atom stereocenters. The van der Waals surface area contributed by atoms with Gasteiger partial charge in [0.05, 0.1) is 18.1 Å². The van der Waals surface area contributed by atoms with E-state index in [0.29, 0.717) is 5.13 Å². The van der Waals surface area contributed by atoms with Crippen molar-refractivity contribution < 1.29 is 9.66 Å². The fourth-order valence-electron chi connectivity index (χ4n) is 1.58. The Morgan fingerprint density at radius 3 is 2.63 bits per heavy atom. The second-order valence-electron chi connectivity index (χ2n) is 3.90. The van der Waals surface area contributed by atoms with Gasteiger partial charge in [-0.15, -0.1) is 0 Å². The number of hydrogen-bond acceptors (Lipinski definition) is 6. The fourth-order valence-corrected chi connectivity index (χ4v) is 2.30. The third-order valence-electron chi connectivity index (χ3n) is 2.63. The van der Waals surface area contributed by atoms with Crippen LogP contribution in [-0.4, -0.2) is 17.0 Å². The molecule has 1 aromatic carbocycles. The van der Waals surface area contributed by atoms with Crippen molar-refractivity contribution in [2.24, 2.45) is 0 Å². The lowest BCUT2D eigenvalue weighted by Gasteiger charge is -2.13. The van der Waals surface area contributed by atoms with E-state index in [1.54, 1.807) is 7.11 Å². The van der Waals surface area contributed by atoms with E-state index in [4.69, 9.17) is 4.74 Å². The maximum atomic E-state index is 10.6. The quantitative estimate of drug-likeness (QED) is 0.671. The molecule has 2 aromatic rings. The number of benzene rings is 1. The summed E-state index contributed by atoms with van der Waals surface area (Å²) in [7, 11) is 1.62. The van der Waals surface area contributed by atoms with Crippen LogP contribution in [0.2, 0.25) is 0 Å². The Kier molecular flexibility index (Phi) is 3.96. The molecule has 100 valence electrons. The molecule has 0 radical (unpaired) electrons. The van der Waals surface area contributed by atoms with Crippen molar-refractivity contribution in [2.75, 3.05) is 12.4 Å². The van der Waals surface area contributed by atoms with E-state index in [0.717, 1.165) is 22.6 Å². The Bertz CT molecular complexity index is 568. The maximum absolute atomic E-state index is 10.6. The second kappa shape index (κ2) is 5.66. The van der Waals surface area contributed by atoms with Crippen molar-refractivity contribution in [3.63, 3.8) is 0 Å². The smallest absolute Gasteiger partial charge is 0.345 e. The van der Waals surface area contributed by atoms with E-state index < -0.39 is 4.92 Å². The zero-order chi connectivity index (χ0) is 13.8. The van der Waals surface area contributed by atoms with E-state index >= 15 is 0 Å². The van der Waals surface area contributed by atoms with Crippen molar-refractivity contribution in [3.8, 4) is 5.75 Å². The topological polar surface area (TPSA) is 77.3 Å². The molecular weight excluding hydrogens is 266 g/mol. The maximum Gasteiger partial charge on any atom is 0.345 e. The molecule has 0 saturated heterocycles. The van der Waals surface area contributed by atoms with Crippen LogP contribution in [0.25, 0.3) is 0 Å². The molecule has 6 nitrogen and oxygen atoms in total. The minimum atomic E-state index is -0.444. The molecule has 0 amide bonds. The van der Waals surface area contributed by atoms with Gasteiger partial charge in [-0.3, -0.25) is 10.1 Å². The van der Waals surface area contributed by atoms with Gasteiger partial charge in [0, 0.05) is 0 Å². The largest absolute Gasteiger partial charge is 0.497 e. The molecule has 0 bridgehead atoms. The van der Waals surface area contributed by atoms with Crippen molar-refractivity contribution in [1.82, 2.24) is 4.98 Å². The summed E-state index contributed by atoms with van der Waals surface area (Å²) in [5.41, 5.74) is 1.05. The van der Waals surface area contributed by atoms with Crippen molar-refractivity contribution in [1.29, 1.82) is 0 Å². The van der Waals surface area contributed by atoms with Gasteiger partial charge in [-0.05, 0) is 36.0 Å². The highest BCUT2D eigenvalue weighted by Gasteiger charge is 2.13. The van der Waals surface area contributed by atoms with Gasteiger partial charge in [-0.1, -0.05) is 12.1 Å². The normalized spacial score (nSPS) is 11.9. The van der Waals surface area contributed by atoms with Gasteiger partial charge in [0.1, 0.15) is 11.9 Å². The lowest BCUT2D eigenvalue weighted by Crippen LogP contribution is -2.05. The van der Waals surface area contributed by atoms with E-state index in [2.05, 4.69) is 10.3 Å². The number of methoxy groups -OCH3 is 1. The summed E-state index contributed by atoms with van der Waals surface area (Å²) in [5.74, 6) is 0.792. The van der Waals surface area contributed by atoms with Crippen molar-refractivity contribution in [3.05, 3.63) is 46.1 Å².